The topological polar surface area (TPSA) is 187 Å². The lowest BCUT2D eigenvalue weighted by molar-refractivity contribution is -0.193. The zero-order valence-electron chi connectivity index (χ0n) is 55.4. The predicted molar refractivity (Wildman–Crippen MR) is 367 cm³/mol. The normalized spacial score (nSPS) is 26.5. The standard InChI is InChI=1S/C81H99N3O10/c1-3-12-51(2)33-60-37-59-40-68-62(46-86)41-73(90)78(76(60)68)93-47-63-39-65(81-64-26-24-55-15-11-16-56(77(55)81)25-28-74(81)80(94-48-64)29-5-4-6-30-80)38-61-44-84(45-69(61)63)79-70-49-92-67(43-72(59)89)18-10-13-52(21-23-57(70)42-75(83-79)82-50-91-32-8-7-31-85)19-20-53-22-27-71(88)58(34-53)35-54-14-9-17-66(87)36-54/h9,11,14-17,22,27,34,36,38-39,41-42,44-45,51-52,59-60,64,67,72,74-75,82-83,85-90H,3-8,10,12-13,18-20,24-26,28-33,35,37,40,43,46-50H2,1-2H3. The van der Waals surface area contributed by atoms with Crippen molar-refractivity contribution < 1.29 is 49.6 Å². The van der Waals surface area contributed by atoms with Crippen LogP contribution in [0.1, 0.15) is 197 Å². The molecular weight excluding hydrogens is 1170 g/mol. The van der Waals surface area contributed by atoms with E-state index in [1.807, 2.05) is 18.2 Å². The molecule has 8 N–H and O–H groups in total. The highest BCUT2D eigenvalue weighted by molar-refractivity contribution is 5.89. The van der Waals surface area contributed by atoms with Crippen LogP contribution in [0.25, 0.3) is 16.6 Å². The number of nitrogens with zero attached hydrogens (tertiary/aromatic N) is 1. The number of hydrogen-bond donors (Lipinski definition) is 8. The zero-order chi connectivity index (χ0) is 64.5. The van der Waals surface area contributed by atoms with Crippen LogP contribution in [0.5, 0.6) is 23.0 Å². The number of nitrogens with one attached hydrogen (secondary N) is 2. The Morgan fingerprint density at radius 1 is 0.840 bits per heavy atom. The molecule has 94 heavy (non-hydrogen) atoms. The van der Waals surface area contributed by atoms with Gasteiger partial charge in [-0.25, -0.2) is 0 Å². The lowest BCUT2D eigenvalue weighted by atomic mass is 9.45. The van der Waals surface area contributed by atoms with Gasteiger partial charge in [0.05, 0.1) is 44.4 Å². The van der Waals surface area contributed by atoms with Crippen molar-refractivity contribution in [3.8, 4) is 34.8 Å². The molecular formula is C81H99N3O10. The van der Waals surface area contributed by atoms with E-state index >= 15 is 0 Å². The Hall–Kier alpha value is -6.60. The maximum atomic E-state index is 12.9. The minimum Gasteiger partial charge on any atom is -0.508 e. The number of rotatable bonds is 18. The van der Waals surface area contributed by atoms with Gasteiger partial charge in [0.25, 0.3) is 0 Å². The second kappa shape index (κ2) is 28.2. The number of aliphatic hydroxyl groups is 3. The summed E-state index contributed by atoms with van der Waals surface area (Å²) in [7, 11) is 0. The monoisotopic (exact) mass is 1270 g/mol. The van der Waals surface area contributed by atoms with E-state index in [1.54, 1.807) is 29.8 Å². The number of phenolic OH excluding ortho intramolecular Hbond substituents is 3. The average Bonchev–Trinajstić information content (AvgIpc) is 0.778. The maximum Gasteiger partial charge on any atom is 0.165 e. The van der Waals surface area contributed by atoms with Gasteiger partial charge in [0, 0.05) is 76.8 Å². The molecule has 9 aliphatic rings. The average molecular weight is 1270 g/mol. The lowest BCUT2D eigenvalue weighted by Gasteiger charge is -2.63. The first-order valence-corrected chi connectivity index (χ1v) is 36.0. The number of ether oxygens (including phenoxy) is 4. The van der Waals surface area contributed by atoms with Gasteiger partial charge in [0.15, 0.2) is 11.5 Å². The van der Waals surface area contributed by atoms with E-state index in [0.29, 0.717) is 55.9 Å². The summed E-state index contributed by atoms with van der Waals surface area (Å²) in [4.78, 5) is 0. The number of aliphatic hydroxyl groups excluding tert-OH is 3. The van der Waals surface area contributed by atoms with Crippen LogP contribution in [-0.4, -0.2) is 92.3 Å². The number of unbranched alkanes of at least 4 members (excludes halogenated alkanes) is 1. The van der Waals surface area contributed by atoms with E-state index < -0.39 is 6.10 Å². The van der Waals surface area contributed by atoms with Crippen molar-refractivity contribution in [2.24, 2.45) is 29.6 Å². The second-order valence-corrected chi connectivity index (χ2v) is 29.3. The van der Waals surface area contributed by atoms with E-state index in [9.17, 15) is 30.6 Å². The van der Waals surface area contributed by atoms with Crippen molar-refractivity contribution in [3.05, 3.63) is 170 Å². The number of aryl methyl sites for hydroxylation is 3. The molecule has 1 saturated carbocycles. The number of fused-ring (bicyclic) bond motifs is 4. The molecule has 8 bridgehead atoms. The van der Waals surface area contributed by atoms with Crippen molar-refractivity contribution in [1.29, 1.82) is 0 Å². The van der Waals surface area contributed by atoms with E-state index in [1.165, 1.54) is 36.0 Å². The first kappa shape index (κ1) is 64.7. The highest BCUT2D eigenvalue weighted by Crippen LogP contribution is 2.65. The van der Waals surface area contributed by atoms with Crippen molar-refractivity contribution in [2.45, 2.75) is 210 Å². The van der Waals surface area contributed by atoms with Crippen molar-refractivity contribution >= 4 is 16.6 Å². The first-order valence-electron chi connectivity index (χ1n) is 36.0. The minimum atomic E-state index is -0.713. The Kier molecular flexibility index (Phi) is 19.4. The predicted octanol–water partition coefficient (Wildman–Crippen LogP) is 14.0. The third kappa shape index (κ3) is 12.9. The van der Waals surface area contributed by atoms with Gasteiger partial charge in [-0.2, -0.15) is 0 Å². The number of dihydropyridines is 1. The molecule has 5 aromatic carbocycles. The molecule has 6 heterocycles. The summed E-state index contributed by atoms with van der Waals surface area (Å²) in [6, 6.07) is 27.0. The highest BCUT2D eigenvalue weighted by atomic mass is 16.5. The minimum absolute atomic E-state index is 0.0102. The van der Waals surface area contributed by atoms with Crippen LogP contribution in [0.4, 0.5) is 0 Å². The third-order valence-electron chi connectivity index (χ3n) is 23.3. The third-order valence-corrected chi connectivity index (χ3v) is 23.3. The van der Waals surface area contributed by atoms with Crippen LogP contribution in [0.3, 0.4) is 0 Å². The Balaban J connectivity index is 0.933. The summed E-state index contributed by atoms with van der Waals surface area (Å²) in [6.07, 6.45) is 25.8. The molecule has 10 atom stereocenters. The largest absolute Gasteiger partial charge is 0.508 e. The molecule has 1 saturated heterocycles. The Bertz CT molecular complexity index is 3830. The van der Waals surface area contributed by atoms with E-state index in [2.05, 4.69) is 95.8 Å². The summed E-state index contributed by atoms with van der Waals surface area (Å²) in [5.74, 6) is 10.3. The van der Waals surface area contributed by atoms with Gasteiger partial charge in [-0.05, 0) is 225 Å². The van der Waals surface area contributed by atoms with Gasteiger partial charge in [-0.1, -0.05) is 106 Å². The second-order valence-electron chi connectivity index (χ2n) is 29.3. The Labute approximate surface area is 556 Å². The van der Waals surface area contributed by atoms with E-state index in [4.69, 9.17) is 18.9 Å². The van der Waals surface area contributed by atoms with Gasteiger partial charge >= 0.3 is 0 Å². The molecule has 2 fully saturated rings. The smallest absolute Gasteiger partial charge is 0.165 e. The van der Waals surface area contributed by atoms with Gasteiger partial charge in [0.1, 0.15) is 30.1 Å². The fraction of sp³-hybridized carbons (Fsp3) is 0.531. The van der Waals surface area contributed by atoms with Gasteiger partial charge < -0.3 is 59.5 Å². The molecule has 13 nitrogen and oxygen atoms in total. The summed E-state index contributed by atoms with van der Waals surface area (Å²) >= 11 is 0. The molecule has 15 rings (SSSR count). The number of benzene rings is 5. The maximum absolute atomic E-state index is 12.9. The Morgan fingerprint density at radius 2 is 1.69 bits per heavy atom. The molecule has 6 aromatic rings. The fourth-order valence-electron chi connectivity index (χ4n) is 18.9. The van der Waals surface area contributed by atoms with Crippen molar-refractivity contribution in [1.82, 2.24) is 15.2 Å². The van der Waals surface area contributed by atoms with Crippen LogP contribution < -0.4 is 15.4 Å². The molecule has 5 aliphatic heterocycles. The quantitative estimate of drug-likeness (QED) is 0.0232. The van der Waals surface area contributed by atoms with Crippen LogP contribution in [0.2, 0.25) is 0 Å². The Morgan fingerprint density at radius 3 is 2.52 bits per heavy atom. The van der Waals surface area contributed by atoms with Crippen LogP contribution >= 0.6 is 0 Å². The highest BCUT2D eigenvalue weighted by Gasteiger charge is 2.63. The molecule has 0 radical (unpaired) electrons. The van der Waals surface area contributed by atoms with Crippen molar-refractivity contribution in [3.63, 3.8) is 0 Å². The van der Waals surface area contributed by atoms with Gasteiger partial charge in [-0.15, -0.1) is 0 Å². The number of aromatic hydroxyl groups is 3. The van der Waals surface area contributed by atoms with Gasteiger partial charge in [0.2, 0.25) is 0 Å². The molecule has 1 spiro atoms. The number of aromatic nitrogens is 1. The van der Waals surface area contributed by atoms with E-state index in [-0.39, 0.29) is 103 Å². The summed E-state index contributed by atoms with van der Waals surface area (Å²) < 4.78 is 30.5. The number of hydrogen-bond acceptors (Lipinski definition) is 12. The molecule has 498 valence electrons. The van der Waals surface area contributed by atoms with E-state index in [0.717, 1.165) is 164 Å². The molecule has 10 unspecified atom stereocenters. The molecule has 1 aromatic heterocycles. The van der Waals surface area contributed by atoms with Crippen LogP contribution in [0.15, 0.2) is 108 Å². The molecule has 4 aliphatic carbocycles. The van der Waals surface area contributed by atoms with Crippen molar-refractivity contribution in [2.75, 3.05) is 33.2 Å². The molecule has 0 amide bonds. The molecule has 13 heteroatoms. The summed E-state index contributed by atoms with van der Waals surface area (Å²) in [6.45, 7) is 6.42. The SMILES string of the molecule is CCCC(C)CC1CC2Cc3c(CO)cc(O)c(c31)OCc1cc(C34c5c6cccc5CCC3C3(CCCCC3)OCC4CC6)cc3cn(cc13)C1=C3COC(CCCC(CCc4ccc(O)c(Cc5cccc(O)c5)c4)C#CC3=CC(NCOCCCCO)N1)CC2O. The van der Waals surface area contributed by atoms with Gasteiger partial charge in [-0.3, -0.25) is 5.32 Å². The number of phenols is 3. The lowest BCUT2D eigenvalue weighted by Crippen LogP contribution is -2.64. The first-order chi connectivity index (χ1) is 45.9. The van der Waals surface area contributed by atoms with Crippen LogP contribution in [0, 0.1) is 41.4 Å². The summed E-state index contributed by atoms with van der Waals surface area (Å²) in [5, 5.41) is 77.2. The van der Waals surface area contributed by atoms with Crippen LogP contribution in [-0.2, 0) is 64.9 Å². The fourth-order valence-corrected chi connectivity index (χ4v) is 18.9. The zero-order valence-corrected chi connectivity index (χ0v) is 55.4. The summed E-state index contributed by atoms with van der Waals surface area (Å²) in [5.41, 5.74) is 13.6.